The summed E-state index contributed by atoms with van der Waals surface area (Å²) >= 11 is 0. The monoisotopic (exact) mass is 285 g/mol. The largest absolute Gasteiger partial charge is 0.346 e. The Labute approximate surface area is 111 Å². The Hall–Kier alpha value is -1.93. The van der Waals surface area contributed by atoms with Gasteiger partial charge in [-0.2, -0.15) is 0 Å². The van der Waals surface area contributed by atoms with Crippen LogP contribution in [0.1, 0.15) is 13.8 Å². The molecule has 19 heavy (non-hydrogen) atoms. The average Bonchev–Trinajstić information content (AvgIpc) is 2.36. The van der Waals surface area contributed by atoms with E-state index in [0.717, 1.165) is 0 Å². The molecule has 7 nitrogen and oxygen atoms in total. The summed E-state index contributed by atoms with van der Waals surface area (Å²) in [6.07, 6.45) is 0. The number of sulfonamides is 1. The van der Waals surface area contributed by atoms with E-state index in [1.807, 2.05) is 10.3 Å². The van der Waals surface area contributed by atoms with Gasteiger partial charge in [0.25, 0.3) is 10.0 Å². The van der Waals surface area contributed by atoms with E-state index in [9.17, 15) is 18.0 Å². The van der Waals surface area contributed by atoms with Crippen molar-refractivity contribution in [3.05, 3.63) is 30.3 Å². The Balaban J connectivity index is 2.62. The molecule has 0 aliphatic carbocycles. The predicted molar refractivity (Wildman–Crippen MR) is 68.2 cm³/mol. The van der Waals surface area contributed by atoms with E-state index in [2.05, 4.69) is 5.32 Å². The summed E-state index contributed by atoms with van der Waals surface area (Å²) in [5.74, 6) is -1.99. The lowest BCUT2D eigenvalue weighted by molar-refractivity contribution is -0.139. The van der Waals surface area contributed by atoms with Gasteiger partial charge in [-0.1, -0.05) is 18.2 Å². The van der Waals surface area contributed by atoms with Crippen LogP contribution in [0.3, 0.4) is 0 Å². The maximum absolute atomic E-state index is 11.7. The zero-order valence-corrected chi connectivity index (χ0v) is 11.3. The van der Waals surface area contributed by atoms with Crippen molar-refractivity contribution in [2.75, 3.05) is 0 Å². The fourth-order valence-corrected chi connectivity index (χ4v) is 2.02. The first-order valence-electron chi connectivity index (χ1n) is 5.50. The summed E-state index contributed by atoms with van der Waals surface area (Å²) in [5, 5.41) is 2.33. The second-order valence-electron chi connectivity index (χ2n) is 4.00. The van der Waals surface area contributed by atoms with Gasteiger partial charge in [0.1, 0.15) is 0 Å². The highest BCUT2D eigenvalue weighted by molar-refractivity contribution is 7.89. The molecule has 104 valence electrons. The number of carbonyl (C=O) groups is 2. The highest BCUT2D eigenvalue weighted by Crippen LogP contribution is 2.05. The van der Waals surface area contributed by atoms with Crippen LogP contribution in [0.2, 0.25) is 0 Å². The number of hydrazine groups is 1. The molecule has 8 heteroatoms. The number of hydrogen-bond acceptors (Lipinski definition) is 4. The van der Waals surface area contributed by atoms with Gasteiger partial charge in [0.15, 0.2) is 0 Å². The third-order valence-electron chi connectivity index (χ3n) is 1.98. The fourth-order valence-electron chi connectivity index (χ4n) is 1.16. The summed E-state index contributed by atoms with van der Waals surface area (Å²) < 4.78 is 23.4. The van der Waals surface area contributed by atoms with E-state index in [-0.39, 0.29) is 10.9 Å². The minimum Gasteiger partial charge on any atom is -0.346 e. The molecule has 0 unspecified atom stereocenters. The SMILES string of the molecule is CC(C)NC(=O)C(=O)NNS(=O)(=O)c1ccccc1. The summed E-state index contributed by atoms with van der Waals surface area (Å²) in [6, 6.07) is 7.26. The van der Waals surface area contributed by atoms with E-state index >= 15 is 0 Å². The number of carbonyl (C=O) groups excluding carboxylic acids is 2. The number of rotatable bonds is 4. The molecule has 1 aromatic carbocycles. The third-order valence-corrected chi connectivity index (χ3v) is 3.24. The first-order valence-corrected chi connectivity index (χ1v) is 6.99. The van der Waals surface area contributed by atoms with E-state index in [1.54, 1.807) is 32.0 Å². The number of nitrogens with one attached hydrogen (secondary N) is 3. The minimum absolute atomic E-state index is 0.0143. The molecule has 0 spiro atoms. The molecule has 0 fully saturated rings. The highest BCUT2D eigenvalue weighted by Gasteiger charge is 2.18. The highest BCUT2D eigenvalue weighted by atomic mass is 32.2. The Morgan fingerprint density at radius 3 is 2.16 bits per heavy atom. The lowest BCUT2D eigenvalue weighted by atomic mass is 10.4. The van der Waals surface area contributed by atoms with Crippen molar-refractivity contribution in [3.63, 3.8) is 0 Å². The van der Waals surface area contributed by atoms with Crippen molar-refractivity contribution < 1.29 is 18.0 Å². The molecule has 0 aliphatic rings. The predicted octanol–water partition coefficient (Wildman–Crippen LogP) is -0.479. The lowest BCUT2D eigenvalue weighted by Gasteiger charge is -2.10. The summed E-state index contributed by atoms with van der Waals surface area (Å²) in [5.41, 5.74) is 1.84. The normalized spacial score (nSPS) is 11.1. The first-order chi connectivity index (χ1) is 8.83. The van der Waals surface area contributed by atoms with Crippen LogP contribution in [0.5, 0.6) is 0 Å². The van der Waals surface area contributed by atoms with Gasteiger partial charge in [-0.15, -0.1) is 4.83 Å². The van der Waals surface area contributed by atoms with Gasteiger partial charge >= 0.3 is 11.8 Å². The minimum atomic E-state index is -3.88. The van der Waals surface area contributed by atoms with Crippen molar-refractivity contribution in [2.24, 2.45) is 0 Å². The van der Waals surface area contributed by atoms with E-state index < -0.39 is 21.8 Å². The first kappa shape index (κ1) is 15.1. The molecule has 0 aliphatic heterocycles. The van der Waals surface area contributed by atoms with Gasteiger partial charge in [0.2, 0.25) is 0 Å². The Morgan fingerprint density at radius 1 is 1.05 bits per heavy atom. The number of amides is 2. The molecular formula is C11H15N3O4S. The quantitative estimate of drug-likeness (QED) is 0.513. The molecule has 0 aromatic heterocycles. The van der Waals surface area contributed by atoms with Crippen molar-refractivity contribution in [1.29, 1.82) is 0 Å². The molecule has 1 rings (SSSR count). The van der Waals surface area contributed by atoms with Gasteiger partial charge in [0.05, 0.1) is 4.90 Å². The Kier molecular flexibility index (Phi) is 5.02. The van der Waals surface area contributed by atoms with Crippen molar-refractivity contribution in [2.45, 2.75) is 24.8 Å². The van der Waals surface area contributed by atoms with Gasteiger partial charge in [-0.25, -0.2) is 8.42 Å². The fraction of sp³-hybridized carbons (Fsp3) is 0.273. The van der Waals surface area contributed by atoms with E-state index in [0.29, 0.717) is 0 Å². The molecule has 0 atom stereocenters. The Bertz CT molecular complexity index is 555. The second-order valence-corrected chi connectivity index (χ2v) is 5.68. The molecule has 1 aromatic rings. The molecule has 0 bridgehead atoms. The van der Waals surface area contributed by atoms with Crippen LogP contribution in [0, 0.1) is 0 Å². The van der Waals surface area contributed by atoms with Crippen molar-refractivity contribution in [1.82, 2.24) is 15.6 Å². The van der Waals surface area contributed by atoms with E-state index in [1.165, 1.54) is 12.1 Å². The van der Waals surface area contributed by atoms with Gasteiger partial charge in [-0.05, 0) is 26.0 Å². The van der Waals surface area contributed by atoms with Crippen LogP contribution in [0.25, 0.3) is 0 Å². The maximum atomic E-state index is 11.7. The second kappa shape index (κ2) is 6.30. The Morgan fingerprint density at radius 2 is 1.63 bits per heavy atom. The zero-order valence-electron chi connectivity index (χ0n) is 10.5. The summed E-state index contributed by atoms with van der Waals surface area (Å²) in [6.45, 7) is 3.36. The number of hydrogen-bond donors (Lipinski definition) is 3. The van der Waals surface area contributed by atoms with Crippen LogP contribution in [0.15, 0.2) is 35.2 Å². The third kappa shape index (κ3) is 4.68. The van der Waals surface area contributed by atoms with Crippen LogP contribution in [-0.4, -0.2) is 26.3 Å². The smallest absolute Gasteiger partial charge is 0.324 e. The van der Waals surface area contributed by atoms with E-state index in [4.69, 9.17) is 0 Å². The van der Waals surface area contributed by atoms with Crippen molar-refractivity contribution >= 4 is 21.8 Å². The van der Waals surface area contributed by atoms with Crippen molar-refractivity contribution in [3.8, 4) is 0 Å². The molecule has 2 amide bonds. The summed E-state index contributed by atoms with van der Waals surface area (Å²) in [7, 11) is -3.88. The molecule has 0 radical (unpaired) electrons. The van der Waals surface area contributed by atoms with Crippen LogP contribution >= 0.6 is 0 Å². The lowest BCUT2D eigenvalue weighted by Crippen LogP contribution is -2.49. The molecule has 0 saturated carbocycles. The standard InChI is InChI=1S/C11H15N3O4S/c1-8(2)12-10(15)11(16)13-14-19(17,18)9-6-4-3-5-7-9/h3-8,14H,1-2H3,(H,12,15)(H,13,16). The topological polar surface area (TPSA) is 104 Å². The maximum Gasteiger partial charge on any atom is 0.324 e. The summed E-state index contributed by atoms with van der Waals surface area (Å²) in [4.78, 5) is 24.4. The molecular weight excluding hydrogens is 270 g/mol. The van der Waals surface area contributed by atoms with Crippen LogP contribution < -0.4 is 15.6 Å². The molecule has 3 N–H and O–H groups in total. The molecule has 0 saturated heterocycles. The number of benzene rings is 1. The average molecular weight is 285 g/mol. The van der Waals surface area contributed by atoms with Crippen LogP contribution in [-0.2, 0) is 19.6 Å². The molecule has 0 heterocycles. The van der Waals surface area contributed by atoms with Gasteiger partial charge in [-0.3, -0.25) is 15.0 Å². The van der Waals surface area contributed by atoms with Gasteiger partial charge in [0, 0.05) is 6.04 Å². The van der Waals surface area contributed by atoms with Gasteiger partial charge < -0.3 is 5.32 Å². The zero-order chi connectivity index (χ0) is 14.5. The van der Waals surface area contributed by atoms with Crippen LogP contribution in [0.4, 0.5) is 0 Å².